The number of carbonyl (C=O) groups is 2. The van der Waals surface area contributed by atoms with Crippen LogP contribution >= 0.6 is 0 Å². The minimum absolute atomic E-state index is 0.0159. The van der Waals surface area contributed by atoms with Gasteiger partial charge in [0.25, 0.3) is 0 Å². The Morgan fingerprint density at radius 2 is 0.588 bits per heavy atom. The number of unbranched alkanes of at least 4 members (excludes halogenated alkanes) is 58. The number of hydrogen-bond acceptors (Lipinski definition) is 5. The van der Waals surface area contributed by atoms with Crippen LogP contribution in [0.15, 0.2) is 36.5 Å². The highest BCUT2D eigenvalue weighted by molar-refractivity contribution is 5.76. The van der Waals surface area contributed by atoms with Crippen molar-refractivity contribution in [3.8, 4) is 0 Å². The van der Waals surface area contributed by atoms with E-state index < -0.39 is 12.1 Å². The zero-order chi connectivity index (χ0) is 61.3. The third kappa shape index (κ3) is 71.0. The van der Waals surface area contributed by atoms with Crippen LogP contribution in [-0.4, -0.2) is 47.4 Å². The van der Waals surface area contributed by atoms with Crippen molar-refractivity contribution in [2.75, 3.05) is 13.2 Å². The maximum Gasteiger partial charge on any atom is 0.305 e. The van der Waals surface area contributed by atoms with Gasteiger partial charge >= 0.3 is 5.97 Å². The molecule has 0 aromatic heterocycles. The second-order valence-electron chi connectivity index (χ2n) is 26.7. The molecule has 0 aliphatic heterocycles. The lowest BCUT2D eigenvalue weighted by Gasteiger charge is -2.20. The summed E-state index contributed by atoms with van der Waals surface area (Å²) in [5.74, 6) is -0.0510. The molecule has 85 heavy (non-hydrogen) atoms. The summed E-state index contributed by atoms with van der Waals surface area (Å²) in [7, 11) is 0. The van der Waals surface area contributed by atoms with Crippen LogP contribution < -0.4 is 5.32 Å². The standard InChI is InChI=1S/C79H151NO5/c1-3-5-7-9-11-13-15-17-19-21-23-24-32-36-39-43-47-51-55-59-63-67-71-77(82)76(75-81)80-78(83)72-68-64-60-56-52-48-44-40-37-33-30-28-26-25-27-29-31-34-38-42-46-50-54-58-62-66-70-74-85-79(84)73-69-65-61-57-53-49-45-41-35-22-20-18-16-14-12-10-8-6-4-2/h25-26,29,31,67,71,76-77,81-82H,3-24,27-28,30,32-66,68-70,72-75H2,1-2H3,(H,80,83)/b26-25-,31-29-,71-67+. The average Bonchev–Trinajstić information content (AvgIpc) is 3.51. The number of aliphatic hydroxyl groups excluding tert-OH is 2. The zero-order valence-corrected chi connectivity index (χ0v) is 57.6. The summed E-state index contributed by atoms with van der Waals surface area (Å²) in [6.45, 7) is 4.95. The number of esters is 1. The van der Waals surface area contributed by atoms with Crippen molar-refractivity contribution in [1.82, 2.24) is 5.32 Å². The van der Waals surface area contributed by atoms with E-state index in [1.54, 1.807) is 6.08 Å². The number of nitrogens with one attached hydrogen (secondary N) is 1. The van der Waals surface area contributed by atoms with E-state index in [1.165, 1.54) is 360 Å². The van der Waals surface area contributed by atoms with Crippen LogP contribution in [0.4, 0.5) is 0 Å². The number of rotatable bonds is 73. The fraction of sp³-hybridized carbons (Fsp3) is 0.899. The predicted octanol–water partition coefficient (Wildman–Crippen LogP) is 25.4. The number of carbonyl (C=O) groups excluding carboxylic acids is 2. The van der Waals surface area contributed by atoms with E-state index in [1.807, 2.05) is 6.08 Å². The van der Waals surface area contributed by atoms with Crippen molar-refractivity contribution in [3.05, 3.63) is 36.5 Å². The van der Waals surface area contributed by atoms with E-state index in [-0.39, 0.29) is 18.5 Å². The number of amides is 1. The molecule has 0 fully saturated rings. The van der Waals surface area contributed by atoms with Crippen molar-refractivity contribution in [3.63, 3.8) is 0 Å². The van der Waals surface area contributed by atoms with Gasteiger partial charge in [0.15, 0.2) is 0 Å². The molecule has 0 heterocycles. The molecule has 1 amide bonds. The molecule has 0 rings (SSSR count). The fourth-order valence-corrected chi connectivity index (χ4v) is 12.3. The highest BCUT2D eigenvalue weighted by Gasteiger charge is 2.18. The SMILES string of the molecule is CCCCCCCCCCCCCCCCCCCCCC/C=C/C(O)C(CO)NC(=O)CCCCCCCCCCCCC/C=C\C/C=C\CCCCCCCCCCCOC(=O)CCCCCCCCCCCCCCCCCCCCC. The molecule has 502 valence electrons. The average molecular weight is 1200 g/mol. The van der Waals surface area contributed by atoms with Crippen molar-refractivity contribution in [2.24, 2.45) is 0 Å². The Morgan fingerprint density at radius 3 is 0.894 bits per heavy atom. The van der Waals surface area contributed by atoms with E-state index in [9.17, 15) is 19.8 Å². The molecule has 0 aromatic carbocycles. The summed E-state index contributed by atoms with van der Waals surface area (Å²) in [6.07, 6.45) is 96.8. The topological polar surface area (TPSA) is 95.9 Å². The molecule has 0 saturated heterocycles. The molecule has 3 N–H and O–H groups in total. The van der Waals surface area contributed by atoms with Gasteiger partial charge in [-0.25, -0.2) is 0 Å². The third-order valence-electron chi connectivity index (χ3n) is 18.2. The van der Waals surface area contributed by atoms with Crippen LogP contribution in [0.25, 0.3) is 0 Å². The molecule has 0 aliphatic carbocycles. The Balaban J connectivity index is 3.42. The highest BCUT2D eigenvalue weighted by Crippen LogP contribution is 2.19. The molecule has 2 unspecified atom stereocenters. The Bertz CT molecular complexity index is 1380. The molecule has 0 spiro atoms. The van der Waals surface area contributed by atoms with Gasteiger partial charge in [-0.2, -0.15) is 0 Å². The molecule has 0 bridgehead atoms. The molecule has 2 atom stereocenters. The zero-order valence-electron chi connectivity index (χ0n) is 57.6. The van der Waals surface area contributed by atoms with Gasteiger partial charge in [-0.1, -0.05) is 391 Å². The van der Waals surface area contributed by atoms with Crippen molar-refractivity contribution in [1.29, 1.82) is 0 Å². The van der Waals surface area contributed by atoms with Gasteiger partial charge in [0, 0.05) is 12.8 Å². The monoisotopic (exact) mass is 1190 g/mol. The molecular formula is C79H151NO5. The third-order valence-corrected chi connectivity index (χ3v) is 18.2. The van der Waals surface area contributed by atoms with Crippen LogP contribution in [-0.2, 0) is 14.3 Å². The minimum atomic E-state index is -0.848. The predicted molar refractivity (Wildman–Crippen MR) is 375 cm³/mol. The van der Waals surface area contributed by atoms with Crippen molar-refractivity contribution < 1.29 is 24.5 Å². The van der Waals surface area contributed by atoms with Crippen LogP contribution in [0, 0.1) is 0 Å². The first-order valence-corrected chi connectivity index (χ1v) is 38.8. The molecule has 0 saturated carbocycles. The van der Waals surface area contributed by atoms with E-state index in [2.05, 4.69) is 43.5 Å². The molecule has 6 nitrogen and oxygen atoms in total. The Morgan fingerprint density at radius 1 is 0.329 bits per heavy atom. The maximum atomic E-state index is 12.5. The van der Waals surface area contributed by atoms with Crippen LogP contribution in [0.5, 0.6) is 0 Å². The van der Waals surface area contributed by atoms with Crippen LogP contribution in [0.1, 0.15) is 431 Å². The van der Waals surface area contributed by atoms with E-state index in [4.69, 9.17) is 4.74 Å². The fourth-order valence-electron chi connectivity index (χ4n) is 12.3. The van der Waals surface area contributed by atoms with Gasteiger partial charge in [-0.15, -0.1) is 0 Å². The second-order valence-corrected chi connectivity index (χ2v) is 26.7. The first kappa shape index (κ1) is 83.1. The number of ether oxygens (including phenoxy) is 1. The first-order chi connectivity index (χ1) is 42.0. The van der Waals surface area contributed by atoms with E-state index in [0.29, 0.717) is 19.4 Å². The molecule has 0 radical (unpaired) electrons. The summed E-state index contributed by atoms with van der Waals surface area (Å²) in [4.78, 5) is 24.7. The summed E-state index contributed by atoms with van der Waals surface area (Å²) in [5.41, 5.74) is 0. The van der Waals surface area contributed by atoms with E-state index in [0.717, 1.165) is 44.9 Å². The lowest BCUT2D eigenvalue weighted by Crippen LogP contribution is -2.45. The Labute approximate surface area is 532 Å². The molecule has 0 aliphatic rings. The van der Waals surface area contributed by atoms with Gasteiger partial charge in [-0.3, -0.25) is 9.59 Å². The smallest absolute Gasteiger partial charge is 0.305 e. The largest absolute Gasteiger partial charge is 0.466 e. The number of allylic oxidation sites excluding steroid dienone is 5. The number of hydrogen-bond donors (Lipinski definition) is 3. The molecule has 6 heteroatoms. The highest BCUT2D eigenvalue weighted by atomic mass is 16.5. The normalized spacial score (nSPS) is 12.7. The van der Waals surface area contributed by atoms with Gasteiger partial charge in [0.1, 0.15) is 0 Å². The molecule has 0 aromatic rings. The molecular weight excluding hydrogens is 1040 g/mol. The lowest BCUT2D eigenvalue weighted by atomic mass is 10.0. The second kappa shape index (κ2) is 74.5. The van der Waals surface area contributed by atoms with Gasteiger partial charge < -0.3 is 20.3 Å². The quantitative estimate of drug-likeness (QED) is 0.0320. The van der Waals surface area contributed by atoms with E-state index >= 15 is 0 Å². The van der Waals surface area contributed by atoms with Crippen molar-refractivity contribution >= 4 is 11.9 Å². The maximum absolute atomic E-state index is 12.5. The van der Waals surface area contributed by atoms with Crippen LogP contribution in [0.3, 0.4) is 0 Å². The first-order valence-electron chi connectivity index (χ1n) is 38.8. The van der Waals surface area contributed by atoms with Gasteiger partial charge in [0.2, 0.25) is 5.91 Å². The summed E-state index contributed by atoms with van der Waals surface area (Å²) in [6, 6.07) is -0.632. The summed E-state index contributed by atoms with van der Waals surface area (Å²) in [5, 5.41) is 23.3. The van der Waals surface area contributed by atoms with Crippen LogP contribution in [0.2, 0.25) is 0 Å². The summed E-state index contributed by atoms with van der Waals surface area (Å²) >= 11 is 0. The number of aliphatic hydroxyl groups is 2. The minimum Gasteiger partial charge on any atom is -0.466 e. The lowest BCUT2D eigenvalue weighted by molar-refractivity contribution is -0.143. The summed E-state index contributed by atoms with van der Waals surface area (Å²) < 4.78 is 5.51. The Hall–Kier alpha value is -1.92. The van der Waals surface area contributed by atoms with Crippen molar-refractivity contribution in [2.45, 2.75) is 443 Å². The van der Waals surface area contributed by atoms with Gasteiger partial charge in [0.05, 0.1) is 25.4 Å². The Kier molecular flexibility index (Phi) is 72.9. The van der Waals surface area contributed by atoms with Gasteiger partial charge in [-0.05, 0) is 64.2 Å².